The van der Waals surface area contributed by atoms with Gasteiger partial charge in [0.2, 0.25) is 5.16 Å². The van der Waals surface area contributed by atoms with Crippen molar-refractivity contribution in [3.8, 4) is 11.4 Å². The lowest BCUT2D eigenvalue weighted by Gasteiger charge is -2.20. The molecule has 0 unspecified atom stereocenters. The zero-order chi connectivity index (χ0) is 20.3. The molecule has 0 saturated carbocycles. The summed E-state index contributed by atoms with van der Waals surface area (Å²) in [7, 11) is 0. The van der Waals surface area contributed by atoms with Crippen molar-refractivity contribution >= 4 is 46.1 Å². The summed E-state index contributed by atoms with van der Waals surface area (Å²) in [6.07, 6.45) is 4.13. The Morgan fingerprint density at radius 3 is 2.77 bits per heavy atom. The predicted octanol–water partition coefficient (Wildman–Crippen LogP) is 4.46. The van der Waals surface area contributed by atoms with Crippen LogP contribution < -0.4 is 0 Å². The standard InChI is InChI=1S/C20H16N6OS3/c27-18(12-30-20-22-19(23-24-20)13-5-7-21-8-6-13)26-15(17-4-2-10-29-17)11-14(25-26)16-3-1-9-28-16/h1-10,15H,11-12H2,(H,22,23,24)/t15-/m0/s1. The Morgan fingerprint density at radius 1 is 1.17 bits per heavy atom. The summed E-state index contributed by atoms with van der Waals surface area (Å²) in [5, 5.41) is 18.0. The lowest BCUT2D eigenvalue weighted by molar-refractivity contribution is -0.130. The molecule has 30 heavy (non-hydrogen) atoms. The van der Waals surface area contributed by atoms with Gasteiger partial charge in [0, 0.05) is 29.3 Å². The Labute approximate surface area is 184 Å². The lowest BCUT2D eigenvalue weighted by atomic mass is 10.1. The highest BCUT2D eigenvalue weighted by Gasteiger charge is 2.34. The van der Waals surface area contributed by atoms with Crippen LogP contribution in [0, 0.1) is 0 Å². The number of rotatable bonds is 6. The van der Waals surface area contributed by atoms with Gasteiger partial charge in [-0.2, -0.15) is 5.10 Å². The first-order chi connectivity index (χ1) is 14.8. The number of H-pyrrole nitrogens is 1. The maximum absolute atomic E-state index is 13.0. The van der Waals surface area contributed by atoms with E-state index in [1.165, 1.54) is 11.8 Å². The van der Waals surface area contributed by atoms with E-state index in [0.29, 0.717) is 11.0 Å². The fourth-order valence-electron chi connectivity index (χ4n) is 3.18. The van der Waals surface area contributed by atoms with E-state index >= 15 is 0 Å². The molecule has 0 aliphatic carbocycles. The number of nitrogens with zero attached hydrogens (tertiary/aromatic N) is 5. The van der Waals surface area contributed by atoms with E-state index in [0.717, 1.165) is 27.5 Å². The minimum absolute atomic E-state index is 0.0554. The molecule has 5 rings (SSSR count). The minimum atomic E-state index is -0.0604. The summed E-state index contributed by atoms with van der Waals surface area (Å²) in [6.45, 7) is 0. The number of aromatic amines is 1. The van der Waals surface area contributed by atoms with Gasteiger partial charge in [0.1, 0.15) is 0 Å². The maximum atomic E-state index is 13.0. The first kappa shape index (κ1) is 19.2. The Hall–Kier alpha value is -2.82. The van der Waals surface area contributed by atoms with Crippen LogP contribution in [0.4, 0.5) is 0 Å². The number of amides is 1. The highest BCUT2D eigenvalue weighted by molar-refractivity contribution is 7.99. The van der Waals surface area contributed by atoms with Crippen molar-refractivity contribution in [2.45, 2.75) is 17.6 Å². The Bertz CT molecular complexity index is 1150. The van der Waals surface area contributed by atoms with Crippen molar-refractivity contribution in [1.82, 2.24) is 25.2 Å². The first-order valence-corrected chi connectivity index (χ1v) is 11.9. The van der Waals surface area contributed by atoms with Crippen LogP contribution in [0.5, 0.6) is 0 Å². The topological polar surface area (TPSA) is 87.1 Å². The quantitative estimate of drug-likeness (QED) is 0.437. The molecule has 0 fully saturated rings. The van der Waals surface area contributed by atoms with Crippen molar-refractivity contribution in [3.63, 3.8) is 0 Å². The summed E-state index contributed by atoms with van der Waals surface area (Å²) in [6, 6.07) is 11.8. The number of aromatic nitrogens is 4. The molecule has 1 aliphatic rings. The molecule has 1 atom stereocenters. The zero-order valence-electron chi connectivity index (χ0n) is 15.6. The summed E-state index contributed by atoms with van der Waals surface area (Å²) < 4.78 is 0. The number of carbonyl (C=O) groups excluding carboxylic acids is 1. The van der Waals surface area contributed by atoms with E-state index in [9.17, 15) is 4.79 Å². The van der Waals surface area contributed by atoms with Crippen LogP contribution in [-0.4, -0.2) is 42.5 Å². The number of hydrogen-bond acceptors (Lipinski definition) is 8. The minimum Gasteiger partial charge on any atom is -0.272 e. The second-order valence-corrected chi connectivity index (χ2v) is 9.36. The highest BCUT2D eigenvalue weighted by atomic mass is 32.2. The SMILES string of the molecule is O=C(CSc1n[nH]c(-c2ccncc2)n1)N1N=C(c2cccs2)C[C@H]1c1cccs1. The highest BCUT2D eigenvalue weighted by Crippen LogP contribution is 2.36. The van der Waals surface area contributed by atoms with Crippen LogP contribution >= 0.6 is 34.4 Å². The third kappa shape index (κ3) is 3.93. The fourth-order valence-corrected chi connectivity index (χ4v) is 5.36. The molecule has 150 valence electrons. The van der Waals surface area contributed by atoms with Crippen LogP contribution in [0.3, 0.4) is 0 Å². The van der Waals surface area contributed by atoms with Crippen molar-refractivity contribution in [2.24, 2.45) is 5.10 Å². The van der Waals surface area contributed by atoms with Gasteiger partial charge in [-0.3, -0.25) is 14.9 Å². The zero-order valence-corrected chi connectivity index (χ0v) is 18.1. The molecule has 0 aromatic carbocycles. The van der Waals surface area contributed by atoms with Crippen molar-refractivity contribution in [1.29, 1.82) is 0 Å². The van der Waals surface area contributed by atoms with Crippen LogP contribution in [-0.2, 0) is 4.79 Å². The fraction of sp³-hybridized carbons (Fsp3) is 0.150. The summed E-state index contributed by atoms with van der Waals surface area (Å²) in [5.41, 5.74) is 1.86. The van der Waals surface area contributed by atoms with Crippen LogP contribution in [0.15, 0.2) is 69.8 Å². The molecule has 0 radical (unpaired) electrons. The smallest absolute Gasteiger partial charge is 0.253 e. The Balaban J connectivity index is 1.31. The van der Waals surface area contributed by atoms with Gasteiger partial charge >= 0.3 is 0 Å². The van der Waals surface area contributed by atoms with Gasteiger partial charge in [-0.1, -0.05) is 23.9 Å². The largest absolute Gasteiger partial charge is 0.272 e. The van der Waals surface area contributed by atoms with Crippen LogP contribution in [0.2, 0.25) is 0 Å². The monoisotopic (exact) mass is 452 g/mol. The van der Waals surface area contributed by atoms with E-state index in [1.54, 1.807) is 40.1 Å². The van der Waals surface area contributed by atoms with Gasteiger partial charge in [-0.25, -0.2) is 9.99 Å². The molecule has 0 spiro atoms. The van der Waals surface area contributed by atoms with Crippen LogP contribution in [0.1, 0.15) is 22.2 Å². The third-order valence-corrected chi connectivity index (χ3v) is 7.31. The average Bonchev–Trinajstić information content (AvgIpc) is 3.57. The number of carbonyl (C=O) groups is 1. The van der Waals surface area contributed by atoms with E-state index in [2.05, 4.69) is 31.3 Å². The molecule has 4 aromatic heterocycles. The Kier molecular flexibility index (Phi) is 5.43. The summed E-state index contributed by atoms with van der Waals surface area (Å²) >= 11 is 4.60. The molecule has 7 nitrogen and oxygen atoms in total. The number of pyridine rings is 1. The predicted molar refractivity (Wildman–Crippen MR) is 120 cm³/mol. The summed E-state index contributed by atoms with van der Waals surface area (Å²) in [4.78, 5) is 23.8. The number of thiophene rings is 2. The number of hydrazone groups is 1. The van der Waals surface area contributed by atoms with E-state index in [4.69, 9.17) is 0 Å². The van der Waals surface area contributed by atoms with Gasteiger partial charge < -0.3 is 0 Å². The maximum Gasteiger partial charge on any atom is 0.253 e. The molecular weight excluding hydrogens is 436 g/mol. The number of thioether (sulfide) groups is 1. The molecule has 5 heterocycles. The molecule has 1 aliphatic heterocycles. The van der Waals surface area contributed by atoms with E-state index < -0.39 is 0 Å². The van der Waals surface area contributed by atoms with Gasteiger partial charge in [0.15, 0.2) is 5.82 Å². The molecule has 0 bridgehead atoms. The average molecular weight is 453 g/mol. The molecule has 1 N–H and O–H groups in total. The summed E-state index contributed by atoms with van der Waals surface area (Å²) in [5.74, 6) is 0.819. The lowest BCUT2D eigenvalue weighted by Crippen LogP contribution is -2.28. The molecular formula is C20H16N6OS3. The second kappa shape index (κ2) is 8.50. The normalized spacial score (nSPS) is 16.1. The van der Waals surface area contributed by atoms with Gasteiger partial charge in [0.05, 0.1) is 22.4 Å². The molecule has 1 amide bonds. The van der Waals surface area contributed by atoms with Crippen molar-refractivity contribution in [2.75, 3.05) is 5.75 Å². The Morgan fingerprint density at radius 2 is 2.00 bits per heavy atom. The second-order valence-electron chi connectivity index (χ2n) is 6.49. The third-order valence-electron chi connectivity index (χ3n) is 4.59. The van der Waals surface area contributed by atoms with E-state index in [1.807, 2.05) is 41.1 Å². The molecule has 10 heteroatoms. The molecule has 0 saturated heterocycles. The van der Waals surface area contributed by atoms with E-state index in [-0.39, 0.29) is 17.7 Å². The number of hydrogen-bond donors (Lipinski definition) is 1. The van der Waals surface area contributed by atoms with Crippen molar-refractivity contribution < 1.29 is 4.79 Å². The number of nitrogens with one attached hydrogen (secondary N) is 1. The molecule has 4 aromatic rings. The van der Waals surface area contributed by atoms with Crippen molar-refractivity contribution in [3.05, 3.63) is 69.3 Å². The van der Waals surface area contributed by atoms with Gasteiger partial charge in [-0.05, 0) is 35.0 Å². The van der Waals surface area contributed by atoms with Gasteiger partial charge in [-0.15, -0.1) is 27.8 Å². The van der Waals surface area contributed by atoms with Gasteiger partial charge in [0.25, 0.3) is 5.91 Å². The van der Waals surface area contributed by atoms with Crippen LogP contribution in [0.25, 0.3) is 11.4 Å². The first-order valence-electron chi connectivity index (χ1n) is 9.20.